The first-order valence-electron chi connectivity index (χ1n) is 6.35. The van der Waals surface area contributed by atoms with Crippen molar-refractivity contribution in [1.29, 1.82) is 0 Å². The molecule has 1 saturated heterocycles. The monoisotopic (exact) mass is 264 g/mol. The quantitative estimate of drug-likeness (QED) is 0.669. The fourth-order valence-electron chi connectivity index (χ4n) is 2.23. The van der Waals surface area contributed by atoms with Gasteiger partial charge in [-0.05, 0) is 18.9 Å². The summed E-state index contributed by atoms with van der Waals surface area (Å²) in [6.45, 7) is 6.22. The van der Waals surface area contributed by atoms with Crippen LogP contribution in [0.1, 0.15) is 33.1 Å². The molecule has 0 bridgehead atoms. The lowest BCUT2D eigenvalue weighted by Crippen LogP contribution is -2.39. The SMILES string of the molecule is CCC(CC)C(O)CNC(=O)C1CCNC1.Cl. The van der Waals surface area contributed by atoms with Crippen molar-refractivity contribution in [2.45, 2.75) is 39.2 Å². The zero-order valence-electron chi connectivity index (χ0n) is 10.7. The van der Waals surface area contributed by atoms with Crippen molar-refractivity contribution in [3.8, 4) is 0 Å². The van der Waals surface area contributed by atoms with Gasteiger partial charge in [-0.1, -0.05) is 26.7 Å². The summed E-state index contributed by atoms with van der Waals surface area (Å²) in [4.78, 5) is 11.7. The number of carbonyl (C=O) groups is 1. The smallest absolute Gasteiger partial charge is 0.224 e. The van der Waals surface area contributed by atoms with E-state index in [9.17, 15) is 9.90 Å². The van der Waals surface area contributed by atoms with E-state index in [1.165, 1.54) is 0 Å². The number of rotatable bonds is 6. The molecule has 2 unspecified atom stereocenters. The molecule has 0 radical (unpaired) electrons. The molecule has 1 aliphatic heterocycles. The van der Waals surface area contributed by atoms with Gasteiger partial charge in [0.15, 0.2) is 0 Å². The molecule has 0 spiro atoms. The summed E-state index contributed by atoms with van der Waals surface area (Å²) in [5.41, 5.74) is 0. The fraction of sp³-hybridized carbons (Fsp3) is 0.917. The topological polar surface area (TPSA) is 61.4 Å². The van der Waals surface area contributed by atoms with E-state index in [-0.39, 0.29) is 24.2 Å². The lowest BCUT2D eigenvalue weighted by Gasteiger charge is -2.21. The number of halogens is 1. The number of amides is 1. The van der Waals surface area contributed by atoms with Crippen LogP contribution in [0, 0.1) is 11.8 Å². The van der Waals surface area contributed by atoms with Crippen LogP contribution in [0.5, 0.6) is 0 Å². The van der Waals surface area contributed by atoms with E-state index in [4.69, 9.17) is 0 Å². The van der Waals surface area contributed by atoms with Gasteiger partial charge in [0.05, 0.1) is 12.0 Å². The van der Waals surface area contributed by atoms with Gasteiger partial charge in [-0.3, -0.25) is 4.79 Å². The molecule has 3 N–H and O–H groups in total. The molecular formula is C12H25ClN2O2. The van der Waals surface area contributed by atoms with E-state index < -0.39 is 6.10 Å². The van der Waals surface area contributed by atoms with Crippen molar-refractivity contribution >= 4 is 18.3 Å². The predicted octanol–water partition coefficient (Wildman–Crippen LogP) is 0.931. The van der Waals surface area contributed by atoms with Crippen molar-refractivity contribution in [3.63, 3.8) is 0 Å². The van der Waals surface area contributed by atoms with E-state index in [0.29, 0.717) is 12.5 Å². The third-order valence-corrected chi connectivity index (χ3v) is 3.51. The second-order valence-corrected chi connectivity index (χ2v) is 4.58. The van der Waals surface area contributed by atoms with E-state index in [1.807, 2.05) is 0 Å². The molecule has 4 nitrogen and oxygen atoms in total. The minimum atomic E-state index is -0.409. The van der Waals surface area contributed by atoms with Crippen LogP contribution in [0.4, 0.5) is 0 Å². The summed E-state index contributed by atoms with van der Waals surface area (Å²) < 4.78 is 0. The average molecular weight is 265 g/mol. The highest BCUT2D eigenvalue weighted by Gasteiger charge is 2.23. The van der Waals surface area contributed by atoms with Crippen LogP contribution in [0.15, 0.2) is 0 Å². The van der Waals surface area contributed by atoms with Gasteiger partial charge in [0, 0.05) is 13.1 Å². The van der Waals surface area contributed by atoms with Gasteiger partial charge in [-0.25, -0.2) is 0 Å². The van der Waals surface area contributed by atoms with Gasteiger partial charge < -0.3 is 15.7 Å². The predicted molar refractivity (Wildman–Crippen MR) is 71.3 cm³/mol. The summed E-state index contributed by atoms with van der Waals surface area (Å²) in [6.07, 6.45) is 2.41. The number of hydrogen-bond acceptors (Lipinski definition) is 3. The second kappa shape index (κ2) is 8.72. The van der Waals surface area contributed by atoms with Crippen LogP contribution >= 0.6 is 12.4 Å². The van der Waals surface area contributed by atoms with Crippen LogP contribution < -0.4 is 10.6 Å². The molecule has 1 rings (SSSR count). The Morgan fingerprint density at radius 1 is 1.47 bits per heavy atom. The lowest BCUT2D eigenvalue weighted by atomic mass is 9.96. The highest BCUT2D eigenvalue weighted by Crippen LogP contribution is 2.13. The normalized spacial score (nSPS) is 21.1. The maximum absolute atomic E-state index is 11.7. The number of aliphatic hydroxyl groups is 1. The molecule has 17 heavy (non-hydrogen) atoms. The molecule has 0 aromatic rings. The van der Waals surface area contributed by atoms with E-state index >= 15 is 0 Å². The summed E-state index contributed by atoms with van der Waals surface area (Å²) in [5, 5.41) is 15.9. The van der Waals surface area contributed by atoms with Crippen LogP contribution in [0.3, 0.4) is 0 Å². The highest BCUT2D eigenvalue weighted by molar-refractivity contribution is 5.85. The maximum atomic E-state index is 11.7. The molecule has 1 aliphatic rings. The largest absolute Gasteiger partial charge is 0.391 e. The summed E-state index contributed by atoms with van der Waals surface area (Å²) in [7, 11) is 0. The molecule has 0 aromatic heterocycles. The van der Waals surface area contributed by atoms with E-state index in [1.54, 1.807) is 0 Å². The fourth-order valence-corrected chi connectivity index (χ4v) is 2.23. The Labute approximate surface area is 110 Å². The molecule has 0 aliphatic carbocycles. The van der Waals surface area contributed by atoms with Crippen LogP contribution in [-0.4, -0.2) is 36.8 Å². The average Bonchev–Trinajstić information content (AvgIpc) is 2.81. The minimum absolute atomic E-state index is 0. The molecule has 0 aromatic carbocycles. The first-order valence-corrected chi connectivity index (χ1v) is 6.35. The number of aliphatic hydroxyl groups excluding tert-OH is 1. The van der Waals surface area contributed by atoms with Gasteiger partial charge in [-0.15, -0.1) is 12.4 Å². The van der Waals surface area contributed by atoms with Crippen LogP contribution in [0.2, 0.25) is 0 Å². The first kappa shape index (κ1) is 16.7. The van der Waals surface area contributed by atoms with E-state index in [0.717, 1.165) is 32.4 Å². The zero-order chi connectivity index (χ0) is 12.0. The Morgan fingerprint density at radius 2 is 2.12 bits per heavy atom. The lowest BCUT2D eigenvalue weighted by molar-refractivity contribution is -0.125. The molecule has 1 amide bonds. The molecule has 0 saturated carbocycles. The molecule has 102 valence electrons. The van der Waals surface area contributed by atoms with Crippen molar-refractivity contribution in [3.05, 3.63) is 0 Å². The van der Waals surface area contributed by atoms with Crippen LogP contribution in [-0.2, 0) is 4.79 Å². The molecular weight excluding hydrogens is 240 g/mol. The number of carbonyl (C=O) groups excluding carboxylic acids is 1. The summed E-state index contributed by atoms with van der Waals surface area (Å²) >= 11 is 0. The Bertz CT molecular complexity index is 217. The molecule has 1 fully saturated rings. The third-order valence-electron chi connectivity index (χ3n) is 3.51. The third kappa shape index (κ3) is 5.23. The molecule has 5 heteroatoms. The van der Waals surface area contributed by atoms with Crippen molar-refractivity contribution in [1.82, 2.24) is 10.6 Å². The van der Waals surface area contributed by atoms with Gasteiger partial charge in [0.2, 0.25) is 5.91 Å². The van der Waals surface area contributed by atoms with E-state index in [2.05, 4.69) is 24.5 Å². The first-order chi connectivity index (χ1) is 7.69. The van der Waals surface area contributed by atoms with Gasteiger partial charge in [0.1, 0.15) is 0 Å². The Hall–Kier alpha value is -0.320. The molecule has 1 heterocycles. The highest BCUT2D eigenvalue weighted by atomic mass is 35.5. The number of nitrogens with one attached hydrogen (secondary N) is 2. The van der Waals surface area contributed by atoms with Gasteiger partial charge in [-0.2, -0.15) is 0 Å². The van der Waals surface area contributed by atoms with Crippen LogP contribution in [0.25, 0.3) is 0 Å². The maximum Gasteiger partial charge on any atom is 0.224 e. The van der Waals surface area contributed by atoms with Crippen molar-refractivity contribution < 1.29 is 9.90 Å². The van der Waals surface area contributed by atoms with Gasteiger partial charge in [0.25, 0.3) is 0 Å². The summed E-state index contributed by atoms with van der Waals surface area (Å²) in [6, 6.07) is 0. The Balaban J connectivity index is 0.00000256. The zero-order valence-corrected chi connectivity index (χ0v) is 11.6. The second-order valence-electron chi connectivity index (χ2n) is 4.58. The summed E-state index contributed by atoms with van der Waals surface area (Å²) in [5.74, 6) is 0.464. The number of hydrogen-bond donors (Lipinski definition) is 3. The Kier molecular flexibility index (Phi) is 8.56. The Morgan fingerprint density at radius 3 is 2.59 bits per heavy atom. The van der Waals surface area contributed by atoms with Gasteiger partial charge >= 0.3 is 0 Å². The molecule has 2 atom stereocenters. The minimum Gasteiger partial charge on any atom is -0.391 e. The van der Waals surface area contributed by atoms with Crippen molar-refractivity contribution in [2.75, 3.05) is 19.6 Å². The standard InChI is InChI=1S/C12H24N2O2.ClH/c1-3-9(4-2)11(15)8-14-12(16)10-5-6-13-7-10;/h9-11,13,15H,3-8H2,1-2H3,(H,14,16);1H. The van der Waals surface area contributed by atoms with Crippen molar-refractivity contribution in [2.24, 2.45) is 11.8 Å².